The van der Waals surface area contributed by atoms with Crippen molar-refractivity contribution in [2.75, 3.05) is 5.75 Å². The number of fused-ring (bicyclic) bond motifs is 1. The number of carbonyl (C=O) groups is 2. The van der Waals surface area contributed by atoms with Gasteiger partial charge in [0.05, 0.1) is 6.04 Å². The second kappa shape index (κ2) is 6.65. The average Bonchev–Trinajstić information content (AvgIpc) is 2.82. The molecule has 3 rings (SSSR count). The van der Waals surface area contributed by atoms with Gasteiger partial charge in [-0.3, -0.25) is 9.59 Å². The van der Waals surface area contributed by atoms with Crippen LogP contribution in [-0.4, -0.2) is 22.4 Å². The number of amides is 1. The van der Waals surface area contributed by atoms with Gasteiger partial charge in [0.2, 0.25) is 0 Å². The number of nitrogens with one attached hydrogen (secondary N) is 2. The molecule has 0 bridgehead atoms. The van der Waals surface area contributed by atoms with Crippen LogP contribution in [0.2, 0.25) is 5.02 Å². The highest BCUT2D eigenvalue weighted by Gasteiger charge is 2.26. The van der Waals surface area contributed by atoms with Gasteiger partial charge in [-0.05, 0) is 56.5 Å². The number of aromatic nitrogens is 1. The first kappa shape index (κ1) is 17.1. The fraction of sp³-hybridized carbons (Fsp3) is 0.333. The molecule has 1 atom stereocenters. The summed E-state index contributed by atoms with van der Waals surface area (Å²) in [5.41, 5.74) is 3.55. The van der Waals surface area contributed by atoms with E-state index in [1.54, 1.807) is 18.7 Å². The minimum Gasteiger partial charge on any atom is -0.354 e. The maximum Gasteiger partial charge on any atom is 0.268 e. The van der Waals surface area contributed by atoms with E-state index >= 15 is 0 Å². The Kier molecular flexibility index (Phi) is 4.74. The zero-order valence-corrected chi connectivity index (χ0v) is 15.4. The molecule has 0 fully saturated rings. The van der Waals surface area contributed by atoms with Crippen LogP contribution >= 0.6 is 23.4 Å². The van der Waals surface area contributed by atoms with Crippen molar-refractivity contribution in [3.63, 3.8) is 0 Å². The number of aromatic amines is 1. The Balaban J connectivity index is 1.88. The lowest BCUT2D eigenvalue weighted by Gasteiger charge is -2.26. The number of hydrogen-bond donors (Lipinski definition) is 2. The van der Waals surface area contributed by atoms with E-state index in [2.05, 4.69) is 10.3 Å². The summed E-state index contributed by atoms with van der Waals surface area (Å²) in [7, 11) is 0. The Morgan fingerprint density at radius 3 is 2.75 bits per heavy atom. The minimum absolute atomic E-state index is 0.0357. The van der Waals surface area contributed by atoms with E-state index in [0.717, 1.165) is 28.3 Å². The molecule has 0 saturated heterocycles. The zero-order valence-electron chi connectivity index (χ0n) is 13.8. The van der Waals surface area contributed by atoms with Crippen LogP contribution in [0.1, 0.15) is 57.1 Å². The molecule has 1 aliphatic rings. The van der Waals surface area contributed by atoms with Gasteiger partial charge in [-0.15, -0.1) is 11.8 Å². The van der Waals surface area contributed by atoms with E-state index in [-0.39, 0.29) is 17.7 Å². The highest BCUT2D eigenvalue weighted by molar-refractivity contribution is 7.99. The molecule has 0 aliphatic carbocycles. The van der Waals surface area contributed by atoms with Crippen molar-refractivity contribution in [1.29, 1.82) is 0 Å². The number of carbonyl (C=O) groups excluding carboxylic acids is 2. The number of Topliss-reactive ketones (excluding diaryl/α,β-unsaturated/α-hetero) is 1. The standard InChI is InChI=1S/C18H19ClN2O2S/c1-9-16(11(3)22)10(2)20-17(9)18(23)21-14-6-7-24-15-5-4-12(19)8-13(14)15/h4-5,8,14,20H,6-7H2,1-3H3,(H,21,23). The quantitative estimate of drug-likeness (QED) is 0.792. The molecule has 1 aromatic heterocycles. The van der Waals surface area contributed by atoms with Gasteiger partial charge in [-0.1, -0.05) is 11.6 Å². The molecule has 126 valence electrons. The molecular formula is C18H19ClN2O2S. The van der Waals surface area contributed by atoms with Gasteiger partial charge in [-0.2, -0.15) is 0 Å². The van der Waals surface area contributed by atoms with Crippen molar-refractivity contribution in [3.05, 3.63) is 51.3 Å². The molecule has 24 heavy (non-hydrogen) atoms. The Bertz CT molecular complexity index is 829. The van der Waals surface area contributed by atoms with Crippen molar-refractivity contribution in [2.24, 2.45) is 0 Å². The summed E-state index contributed by atoms with van der Waals surface area (Å²) in [6.45, 7) is 5.13. The Hall–Kier alpha value is -1.72. The maximum atomic E-state index is 12.7. The lowest BCUT2D eigenvalue weighted by atomic mass is 10.0. The summed E-state index contributed by atoms with van der Waals surface area (Å²) in [5.74, 6) is 0.721. The van der Waals surface area contributed by atoms with Gasteiger partial charge in [0.25, 0.3) is 5.91 Å². The third kappa shape index (κ3) is 3.10. The summed E-state index contributed by atoms with van der Waals surface area (Å²) < 4.78 is 0. The van der Waals surface area contributed by atoms with Crippen molar-refractivity contribution >= 4 is 35.1 Å². The number of hydrogen-bond acceptors (Lipinski definition) is 3. The summed E-state index contributed by atoms with van der Waals surface area (Å²) in [5, 5.41) is 3.75. The van der Waals surface area contributed by atoms with Crippen molar-refractivity contribution in [3.8, 4) is 0 Å². The van der Waals surface area contributed by atoms with Crippen molar-refractivity contribution < 1.29 is 9.59 Å². The van der Waals surface area contributed by atoms with Gasteiger partial charge in [0, 0.05) is 26.9 Å². The Labute approximate surface area is 150 Å². The van der Waals surface area contributed by atoms with Crippen LogP contribution in [0, 0.1) is 13.8 Å². The third-order valence-electron chi connectivity index (χ3n) is 4.33. The van der Waals surface area contributed by atoms with Crippen molar-refractivity contribution in [2.45, 2.75) is 38.1 Å². The van der Waals surface area contributed by atoms with Crippen LogP contribution in [-0.2, 0) is 0 Å². The summed E-state index contributed by atoms with van der Waals surface area (Å²) in [6.07, 6.45) is 0.849. The average molecular weight is 363 g/mol. The lowest BCUT2D eigenvalue weighted by molar-refractivity contribution is 0.0929. The topological polar surface area (TPSA) is 62.0 Å². The highest BCUT2D eigenvalue weighted by atomic mass is 35.5. The first-order chi connectivity index (χ1) is 11.4. The molecule has 2 aromatic rings. The number of ketones is 1. The lowest BCUT2D eigenvalue weighted by Crippen LogP contribution is -2.31. The Morgan fingerprint density at radius 2 is 2.08 bits per heavy atom. The molecule has 0 radical (unpaired) electrons. The van der Waals surface area contributed by atoms with Gasteiger partial charge in [0.15, 0.2) is 5.78 Å². The largest absolute Gasteiger partial charge is 0.354 e. The third-order valence-corrected chi connectivity index (χ3v) is 5.69. The number of H-pyrrole nitrogens is 1. The molecule has 2 N–H and O–H groups in total. The second-order valence-electron chi connectivity index (χ2n) is 6.03. The van der Waals surface area contributed by atoms with Crippen LogP contribution in [0.4, 0.5) is 0 Å². The molecule has 1 aliphatic heterocycles. The van der Waals surface area contributed by atoms with Crippen LogP contribution in [0.3, 0.4) is 0 Å². The fourth-order valence-corrected chi connectivity index (χ4v) is 4.54. The summed E-state index contributed by atoms with van der Waals surface area (Å²) in [4.78, 5) is 28.7. The van der Waals surface area contributed by atoms with Gasteiger partial charge >= 0.3 is 0 Å². The molecule has 0 saturated carbocycles. The van der Waals surface area contributed by atoms with Gasteiger partial charge in [-0.25, -0.2) is 0 Å². The van der Waals surface area contributed by atoms with E-state index in [1.807, 2.05) is 25.1 Å². The first-order valence-corrected chi connectivity index (χ1v) is 9.18. The molecule has 4 nitrogen and oxygen atoms in total. The Morgan fingerprint density at radius 1 is 1.33 bits per heavy atom. The SMILES string of the molecule is CC(=O)c1c(C)[nH]c(C(=O)NC2CCSc3ccc(Cl)cc32)c1C. The van der Waals surface area contributed by atoms with E-state index in [0.29, 0.717) is 21.8 Å². The molecule has 1 unspecified atom stereocenters. The number of benzene rings is 1. The minimum atomic E-state index is -0.189. The zero-order chi connectivity index (χ0) is 17.4. The fourth-order valence-electron chi connectivity index (χ4n) is 3.25. The van der Waals surface area contributed by atoms with Crippen molar-refractivity contribution in [1.82, 2.24) is 10.3 Å². The molecule has 1 amide bonds. The highest BCUT2D eigenvalue weighted by Crippen LogP contribution is 2.37. The van der Waals surface area contributed by atoms with E-state index < -0.39 is 0 Å². The number of halogens is 1. The maximum absolute atomic E-state index is 12.7. The predicted octanol–water partition coefficient (Wildman–Crippen LogP) is 4.45. The first-order valence-electron chi connectivity index (χ1n) is 7.81. The smallest absolute Gasteiger partial charge is 0.268 e. The van der Waals surface area contributed by atoms with E-state index in [9.17, 15) is 9.59 Å². The summed E-state index contributed by atoms with van der Waals surface area (Å²) >= 11 is 7.89. The molecular weight excluding hydrogens is 344 g/mol. The second-order valence-corrected chi connectivity index (χ2v) is 7.60. The number of aryl methyl sites for hydroxylation is 1. The number of rotatable bonds is 3. The van der Waals surface area contributed by atoms with Crippen LogP contribution in [0.5, 0.6) is 0 Å². The predicted molar refractivity (Wildman–Crippen MR) is 97.3 cm³/mol. The molecule has 2 heterocycles. The number of thioether (sulfide) groups is 1. The van der Waals surface area contributed by atoms with Gasteiger partial charge in [0.1, 0.15) is 5.69 Å². The molecule has 6 heteroatoms. The molecule has 0 spiro atoms. The normalized spacial score (nSPS) is 16.6. The van der Waals surface area contributed by atoms with Gasteiger partial charge < -0.3 is 10.3 Å². The van der Waals surface area contributed by atoms with Crippen LogP contribution in [0.15, 0.2) is 23.1 Å². The monoisotopic (exact) mass is 362 g/mol. The van der Waals surface area contributed by atoms with E-state index in [1.165, 1.54) is 6.92 Å². The van der Waals surface area contributed by atoms with Crippen LogP contribution in [0.25, 0.3) is 0 Å². The van der Waals surface area contributed by atoms with E-state index in [4.69, 9.17) is 11.6 Å². The molecule has 1 aromatic carbocycles. The van der Waals surface area contributed by atoms with Crippen LogP contribution < -0.4 is 5.32 Å². The summed E-state index contributed by atoms with van der Waals surface area (Å²) in [6, 6.07) is 5.71.